The molecule has 1 aliphatic heterocycles. The summed E-state index contributed by atoms with van der Waals surface area (Å²) in [6.07, 6.45) is 1.03. The summed E-state index contributed by atoms with van der Waals surface area (Å²) in [6, 6.07) is 3.01. The van der Waals surface area contributed by atoms with E-state index in [9.17, 15) is 14.4 Å². The van der Waals surface area contributed by atoms with Crippen molar-refractivity contribution in [3.63, 3.8) is 0 Å². The molecule has 150 valence electrons. The molecule has 2 amide bonds. The number of nitrogens with two attached hydrogens (primary N) is 1. The van der Waals surface area contributed by atoms with Gasteiger partial charge in [0.15, 0.2) is 23.3 Å². The largest absolute Gasteiger partial charge is 0.490 e. The van der Waals surface area contributed by atoms with Gasteiger partial charge in [-0.2, -0.15) is 5.10 Å². The SMILES string of the molecule is CCOc1cc(C=NN=C2NC(=O)C(CC(=O)O)S2)c(Cl)cc1OCC(N)=O. The minimum absolute atomic E-state index is 0.190. The molecule has 0 radical (unpaired) electrons. The highest BCUT2D eigenvalue weighted by molar-refractivity contribution is 8.15. The van der Waals surface area contributed by atoms with Gasteiger partial charge in [-0.1, -0.05) is 23.4 Å². The molecule has 0 spiro atoms. The Balaban J connectivity index is 2.14. The van der Waals surface area contributed by atoms with E-state index in [4.69, 9.17) is 31.9 Å². The molecule has 0 aliphatic carbocycles. The van der Waals surface area contributed by atoms with Crippen LogP contribution in [0.1, 0.15) is 18.9 Å². The van der Waals surface area contributed by atoms with Crippen LogP contribution in [0.2, 0.25) is 5.02 Å². The van der Waals surface area contributed by atoms with Crippen LogP contribution in [-0.4, -0.2) is 52.7 Å². The zero-order valence-electron chi connectivity index (χ0n) is 14.7. The van der Waals surface area contributed by atoms with Gasteiger partial charge in [0, 0.05) is 11.6 Å². The molecule has 0 bridgehead atoms. The average molecular weight is 429 g/mol. The quantitative estimate of drug-likeness (QED) is 0.391. The van der Waals surface area contributed by atoms with Gasteiger partial charge in [-0.3, -0.25) is 14.4 Å². The molecule has 1 aromatic rings. The lowest BCUT2D eigenvalue weighted by Gasteiger charge is -2.12. The number of benzene rings is 1. The molecule has 1 heterocycles. The minimum Gasteiger partial charge on any atom is -0.490 e. The molecule has 0 aromatic heterocycles. The number of halogens is 1. The van der Waals surface area contributed by atoms with Gasteiger partial charge in [-0.05, 0) is 13.0 Å². The van der Waals surface area contributed by atoms with Crippen LogP contribution < -0.4 is 20.5 Å². The summed E-state index contributed by atoms with van der Waals surface area (Å²) in [5.41, 5.74) is 5.52. The van der Waals surface area contributed by atoms with Crippen molar-refractivity contribution in [3.05, 3.63) is 22.7 Å². The second-order valence-electron chi connectivity index (χ2n) is 5.35. The van der Waals surface area contributed by atoms with Gasteiger partial charge in [0.2, 0.25) is 5.91 Å². The molecule has 4 N–H and O–H groups in total. The van der Waals surface area contributed by atoms with Crippen molar-refractivity contribution in [2.24, 2.45) is 15.9 Å². The van der Waals surface area contributed by atoms with E-state index in [2.05, 4.69) is 15.5 Å². The highest BCUT2D eigenvalue weighted by Gasteiger charge is 2.32. The highest BCUT2D eigenvalue weighted by Crippen LogP contribution is 2.33. The number of nitrogens with zero attached hydrogens (tertiary/aromatic N) is 2. The third kappa shape index (κ3) is 6.13. The molecular formula is C16H17ClN4O6S. The number of carbonyl (C=O) groups excluding carboxylic acids is 2. The van der Waals surface area contributed by atoms with Crippen molar-refractivity contribution in [2.45, 2.75) is 18.6 Å². The maximum Gasteiger partial charge on any atom is 0.305 e. The van der Waals surface area contributed by atoms with Gasteiger partial charge in [0.25, 0.3) is 5.91 Å². The zero-order chi connectivity index (χ0) is 20.7. The third-order valence-corrected chi connectivity index (χ3v) is 4.61. The number of amides is 2. The number of primary amides is 1. The first kappa shape index (κ1) is 21.5. The lowest BCUT2D eigenvalue weighted by molar-refractivity contribution is -0.138. The van der Waals surface area contributed by atoms with Crippen LogP contribution in [0.15, 0.2) is 22.3 Å². The fourth-order valence-corrected chi connectivity index (χ4v) is 3.19. The van der Waals surface area contributed by atoms with E-state index in [-0.39, 0.29) is 29.0 Å². The Morgan fingerprint density at radius 3 is 2.75 bits per heavy atom. The number of nitrogens with one attached hydrogen (secondary N) is 1. The summed E-state index contributed by atoms with van der Waals surface area (Å²) in [7, 11) is 0. The number of rotatable bonds is 9. The van der Waals surface area contributed by atoms with Gasteiger partial charge in [0.1, 0.15) is 5.25 Å². The first-order valence-electron chi connectivity index (χ1n) is 7.98. The Morgan fingerprint density at radius 2 is 2.11 bits per heavy atom. The first-order chi connectivity index (χ1) is 13.3. The van der Waals surface area contributed by atoms with Gasteiger partial charge in [-0.15, -0.1) is 5.10 Å². The molecule has 12 heteroatoms. The van der Waals surface area contributed by atoms with Gasteiger partial charge < -0.3 is 25.6 Å². The second-order valence-corrected chi connectivity index (χ2v) is 6.95. The molecule has 10 nitrogen and oxygen atoms in total. The van der Waals surface area contributed by atoms with E-state index in [1.165, 1.54) is 12.3 Å². The fraction of sp³-hybridized carbons (Fsp3) is 0.312. The summed E-state index contributed by atoms with van der Waals surface area (Å²) < 4.78 is 10.7. The molecule has 1 fully saturated rings. The number of ether oxygens (including phenoxy) is 2. The number of hydrogen-bond acceptors (Lipinski definition) is 8. The van der Waals surface area contributed by atoms with Crippen molar-refractivity contribution in [1.82, 2.24) is 5.32 Å². The van der Waals surface area contributed by atoms with Crippen LogP contribution in [-0.2, 0) is 14.4 Å². The van der Waals surface area contributed by atoms with Crippen LogP contribution in [0.3, 0.4) is 0 Å². The minimum atomic E-state index is -1.08. The van der Waals surface area contributed by atoms with Crippen molar-refractivity contribution < 1.29 is 29.0 Å². The van der Waals surface area contributed by atoms with Crippen LogP contribution in [0.5, 0.6) is 11.5 Å². The fourth-order valence-electron chi connectivity index (χ4n) is 2.07. The van der Waals surface area contributed by atoms with E-state index >= 15 is 0 Å². The standard InChI is InChI=1S/C16H17ClN4O6S/c1-2-26-10-3-8(9(17)4-11(10)27-7-13(18)22)6-19-21-16-20-15(25)12(28-16)5-14(23)24/h3-4,6,12H,2,5,7H2,1H3,(H2,18,22)(H,23,24)(H,20,21,25). The molecule has 1 aromatic carbocycles. The number of hydrogen-bond donors (Lipinski definition) is 3. The van der Waals surface area contributed by atoms with E-state index in [0.29, 0.717) is 17.9 Å². The molecule has 1 aliphatic rings. The predicted molar refractivity (Wildman–Crippen MR) is 104 cm³/mol. The van der Waals surface area contributed by atoms with Crippen molar-refractivity contribution in [2.75, 3.05) is 13.2 Å². The Bertz CT molecular complexity index is 845. The van der Waals surface area contributed by atoms with Gasteiger partial charge in [-0.25, -0.2) is 0 Å². The van der Waals surface area contributed by atoms with Crippen LogP contribution in [0.4, 0.5) is 0 Å². The average Bonchev–Trinajstić information content (AvgIpc) is 2.95. The smallest absolute Gasteiger partial charge is 0.305 e. The molecule has 1 unspecified atom stereocenters. The Kier molecular flexibility index (Phi) is 7.64. The Morgan fingerprint density at radius 1 is 1.39 bits per heavy atom. The Labute approximate surface area is 169 Å². The second kappa shape index (κ2) is 9.95. The third-order valence-electron chi connectivity index (χ3n) is 3.21. The summed E-state index contributed by atoms with van der Waals surface area (Å²) in [5.74, 6) is -1.56. The normalized spacial score (nSPS) is 17.7. The number of carbonyl (C=O) groups is 3. The number of carboxylic acid groups (broad SMARTS) is 1. The summed E-state index contributed by atoms with van der Waals surface area (Å²) in [4.78, 5) is 33.3. The molecule has 1 atom stereocenters. The maximum atomic E-state index is 11.7. The number of amidine groups is 1. The van der Waals surface area contributed by atoms with E-state index in [1.807, 2.05) is 0 Å². The number of aliphatic carboxylic acids is 1. The topological polar surface area (TPSA) is 153 Å². The summed E-state index contributed by atoms with van der Waals surface area (Å²) >= 11 is 7.17. The first-order valence-corrected chi connectivity index (χ1v) is 9.23. The molecule has 0 saturated carbocycles. The predicted octanol–water partition coefficient (Wildman–Crippen LogP) is 0.999. The zero-order valence-corrected chi connectivity index (χ0v) is 16.2. The monoisotopic (exact) mass is 428 g/mol. The van der Waals surface area contributed by atoms with E-state index in [0.717, 1.165) is 11.8 Å². The highest BCUT2D eigenvalue weighted by atomic mass is 35.5. The van der Waals surface area contributed by atoms with Gasteiger partial charge in [0.05, 0.1) is 24.3 Å². The molecule has 2 rings (SSSR count). The molecular weight excluding hydrogens is 412 g/mol. The van der Waals surface area contributed by atoms with Crippen molar-refractivity contribution in [3.8, 4) is 11.5 Å². The lowest BCUT2D eigenvalue weighted by atomic mass is 10.2. The van der Waals surface area contributed by atoms with E-state index in [1.54, 1.807) is 13.0 Å². The van der Waals surface area contributed by atoms with Gasteiger partial charge >= 0.3 is 5.97 Å². The van der Waals surface area contributed by atoms with Crippen LogP contribution >= 0.6 is 23.4 Å². The van der Waals surface area contributed by atoms with Crippen LogP contribution in [0, 0.1) is 0 Å². The van der Waals surface area contributed by atoms with E-state index < -0.39 is 23.0 Å². The number of thioether (sulfide) groups is 1. The van der Waals surface area contributed by atoms with Crippen LogP contribution in [0.25, 0.3) is 0 Å². The number of carboxylic acids is 1. The van der Waals surface area contributed by atoms with Crippen molar-refractivity contribution >= 4 is 52.5 Å². The molecule has 1 saturated heterocycles. The maximum absolute atomic E-state index is 11.7. The molecule has 28 heavy (non-hydrogen) atoms. The summed E-state index contributed by atoms with van der Waals surface area (Å²) in [5, 5.41) is 18.6. The van der Waals surface area contributed by atoms with Crippen molar-refractivity contribution in [1.29, 1.82) is 0 Å². The Hall–Kier alpha value is -2.79. The summed E-state index contributed by atoms with van der Waals surface area (Å²) in [6.45, 7) is 1.80. The lowest BCUT2D eigenvalue weighted by Crippen LogP contribution is -2.26.